The highest BCUT2D eigenvalue weighted by molar-refractivity contribution is 7.93. The first-order chi connectivity index (χ1) is 13.4. The molecule has 0 bridgehead atoms. The summed E-state index contributed by atoms with van der Waals surface area (Å²) in [5.74, 6) is -1.88. The molecule has 29 heavy (non-hydrogen) atoms. The molecular weight excluding hydrogens is 398 g/mol. The number of ether oxygens (including phenoxy) is 2. The van der Waals surface area contributed by atoms with Gasteiger partial charge in [-0.25, -0.2) is 8.42 Å². The van der Waals surface area contributed by atoms with Crippen LogP contribution in [0.15, 0.2) is 41.6 Å². The fourth-order valence-corrected chi connectivity index (χ4v) is 5.48. The average molecular weight is 421 g/mol. The Kier molecular flexibility index (Phi) is 5.17. The van der Waals surface area contributed by atoms with Crippen LogP contribution >= 0.6 is 0 Å². The van der Waals surface area contributed by atoms with Gasteiger partial charge < -0.3 is 9.47 Å². The number of hydrogen-bond donors (Lipinski definition) is 0. The number of hydrogen-bond acceptors (Lipinski definition) is 7. The van der Waals surface area contributed by atoms with Crippen LogP contribution in [0.3, 0.4) is 0 Å². The molecule has 3 atom stereocenters. The maximum atomic E-state index is 13.2. The summed E-state index contributed by atoms with van der Waals surface area (Å²) >= 11 is 0. The first-order valence-electron chi connectivity index (χ1n) is 9.03. The number of nitrogens with zero attached hydrogens (tertiary/aromatic N) is 1. The van der Waals surface area contributed by atoms with Crippen molar-refractivity contribution < 1.29 is 32.3 Å². The highest BCUT2D eigenvalue weighted by atomic mass is 32.2. The van der Waals surface area contributed by atoms with Crippen molar-refractivity contribution in [3.63, 3.8) is 0 Å². The van der Waals surface area contributed by atoms with Crippen LogP contribution in [0, 0.1) is 5.41 Å². The Balaban J connectivity index is 2.16. The fraction of sp³-hybridized carbons (Fsp3) is 0.450. The van der Waals surface area contributed by atoms with Crippen LogP contribution in [0.1, 0.15) is 38.1 Å². The lowest BCUT2D eigenvalue weighted by molar-refractivity contribution is -0.160. The van der Waals surface area contributed by atoms with Gasteiger partial charge in [-0.3, -0.25) is 19.3 Å². The summed E-state index contributed by atoms with van der Waals surface area (Å²) in [4.78, 5) is 39.1. The molecule has 9 heteroatoms. The highest BCUT2D eigenvalue weighted by Gasteiger charge is 2.64. The van der Waals surface area contributed by atoms with Crippen LogP contribution in [0.5, 0.6) is 0 Å². The molecule has 0 aliphatic carbocycles. The number of esters is 1. The van der Waals surface area contributed by atoms with Crippen molar-refractivity contribution in [1.29, 1.82) is 0 Å². The Bertz CT molecular complexity index is 1010. The maximum Gasteiger partial charge on any atom is 0.312 e. The molecule has 1 unspecified atom stereocenters. The largest absolute Gasteiger partial charge is 0.441 e. The average Bonchev–Trinajstić information content (AvgIpc) is 2.65. The number of fused-ring (bicyclic) bond motifs is 1. The fourth-order valence-electron chi connectivity index (χ4n) is 3.33. The van der Waals surface area contributed by atoms with Gasteiger partial charge in [0.15, 0.2) is 11.5 Å². The molecule has 1 amide bonds. The topological polar surface area (TPSA) is 107 Å². The Morgan fingerprint density at radius 1 is 1.10 bits per heavy atom. The van der Waals surface area contributed by atoms with E-state index in [1.165, 1.54) is 14.0 Å². The molecule has 1 aromatic carbocycles. The molecular formula is C20H23NO7S. The number of rotatable bonds is 4. The van der Waals surface area contributed by atoms with Gasteiger partial charge in [-0.05, 0) is 27.7 Å². The van der Waals surface area contributed by atoms with Crippen molar-refractivity contribution in [1.82, 2.24) is 4.90 Å². The van der Waals surface area contributed by atoms with Gasteiger partial charge in [0.1, 0.15) is 0 Å². The van der Waals surface area contributed by atoms with Crippen molar-refractivity contribution >= 4 is 27.5 Å². The lowest BCUT2D eigenvalue weighted by atomic mass is 9.97. The van der Waals surface area contributed by atoms with Gasteiger partial charge in [0, 0.05) is 18.2 Å². The van der Waals surface area contributed by atoms with Gasteiger partial charge in [-0.1, -0.05) is 30.3 Å². The van der Waals surface area contributed by atoms with Crippen LogP contribution in [0.25, 0.3) is 0 Å². The third-order valence-electron chi connectivity index (χ3n) is 4.93. The van der Waals surface area contributed by atoms with E-state index in [1.54, 1.807) is 51.1 Å². The van der Waals surface area contributed by atoms with Crippen molar-refractivity contribution in [3.05, 3.63) is 47.2 Å². The minimum atomic E-state index is -4.19. The van der Waals surface area contributed by atoms with Crippen molar-refractivity contribution in [3.8, 4) is 0 Å². The van der Waals surface area contributed by atoms with Crippen LogP contribution in [-0.4, -0.2) is 55.0 Å². The van der Waals surface area contributed by atoms with Gasteiger partial charge in [-0.2, -0.15) is 0 Å². The van der Waals surface area contributed by atoms with E-state index < -0.39 is 49.8 Å². The molecule has 2 heterocycles. The standard InChI is InChI=1S/C20H23NO7S/c1-11-13(14(22)12-9-7-6-8-10-12)21-16(23)15(27-5)17(21)29(25,26)18(11)28-19(24)20(2,3)4/h6-10,15,17-18H,1-5H3/t15-,17-,18?/m0/s1. The lowest BCUT2D eigenvalue weighted by Crippen LogP contribution is -2.72. The SMILES string of the molecule is CO[C@H]1C(=O)N2C(C(=O)c3ccccc3)=C(C)C(OC(=O)C(C)(C)C)S(=O)(=O)[C@@H]12. The normalized spacial score (nSPS) is 25.9. The molecule has 3 rings (SSSR count). The van der Waals surface area contributed by atoms with Crippen LogP contribution in [0.2, 0.25) is 0 Å². The summed E-state index contributed by atoms with van der Waals surface area (Å²) in [6.07, 6.45) is -1.26. The number of allylic oxidation sites excluding steroid dienone is 1. The summed E-state index contributed by atoms with van der Waals surface area (Å²) in [5, 5.41) is -1.43. The number of amides is 1. The number of carbonyl (C=O) groups excluding carboxylic acids is 3. The van der Waals surface area contributed by atoms with E-state index >= 15 is 0 Å². The smallest absolute Gasteiger partial charge is 0.312 e. The third kappa shape index (κ3) is 3.28. The predicted molar refractivity (Wildman–Crippen MR) is 103 cm³/mol. The molecule has 1 aromatic rings. The zero-order valence-corrected chi connectivity index (χ0v) is 17.6. The minimum Gasteiger partial charge on any atom is -0.441 e. The zero-order chi connectivity index (χ0) is 21.7. The molecule has 2 aliphatic rings. The van der Waals surface area contributed by atoms with Crippen molar-refractivity contribution in [2.45, 2.75) is 44.6 Å². The third-order valence-corrected chi connectivity index (χ3v) is 7.11. The quantitative estimate of drug-likeness (QED) is 0.413. The molecule has 0 aromatic heterocycles. The molecule has 0 saturated carbocycles. The van der Waals surface area contributed by atoms with Crippen LogP contribution in [0.4, 0.5) is 0 Å². The monoisotopic (exact) mass is 421 g/mol. The van der Waals surface area contributed by atoms with Gasteiger partial charge in [-0.15, -0.1) is 0 Å². The Morgan fingerprint density at radius 2 is 1.69 bits per heavy atom. The first kappa shape index (κ1) is 21.2. The predicted octanol–water partition coefficient (Wildman–Crippen LogP) is 1.67. The van der Waals surface area contributed by atoms with E-state index in [1.807, 2.05) is 0 Å². The van der Waals surface area contributed by atoms with E-state index in [9.17, 15) is 22.8 Å². The van der Waals surface area contributed by atoms with E-state index in [2.05, 4.69) is 0 Å². The van der Waals surface area contributed by atoms with E-state index in [-0.39, 0.29) is 16.8 Å². The second-order valence-electron chi connectivity index (χ2n) is 8.06. The van der Waals surface area contributed by atoms with Gasteiger partial charge in [0.2, 0.25) is 21.1 Å². The van der Waals surface area contributed by atoms with Gasteiger partial charge in [0.25, 0.3) is 5.91 Å². The minimum absolute atomic E-state index is 0.00407. The zero-order valence-electron chi connectivity index (χ0n) is 16.8. The van der Waals surface area contributed by atoms with Crippen molar-refractivity contribution in [2.75, 3.05) is 7.11 Å². The number of methoxy groups -OCH3 is 1. The molecule has 8 nitrogen and oxygen atoms in total. The molecule has 1 saturated heterocycles. The summed E-state index contributed by atoms with van der Waals surface area (Å²) in [6.45, 7) is 6.17. The molecule has 2 aliphatic heterocycles. The summed E-state index contributed by atoms with van der Waals surface area (Å²) in [5.41, 5.74) is -2.44. The molecule has 0 spiro atoms. The number of β-lactam (4-membered cyclic amide) rings is 1. The molecule has 0 N–H and O–H groups in total. The number of Topliss-reactive ketones (excluding diaryl/α,β-unsaturated/α-hetero) is 1. The van der Waals surface area contributed by atoms with Crippen LogP contribution in [-0.2, 0) is 28.9 Å². The second-order valence-corrected chi connectivity index (χ2v) is 10.1. The summed E-state index contributed by atoms with van der Waals surface area (Å²) < 4.78 is 36.7. The Morgan fingerprint density at radius 3 is 2.21 bits per heavy atom. The summed E-state index contributed by atoms with van der Waals surface area (Å²) in [6, 6.07) is 8.18. The van der Waals surface area contributed by atoms with E-state index in [0.717, 1.165) is 4.90 Å². The highest BCUT2D eigenvalue weighted by Crippen LogP contribution is 2.42. The lowest BCUT2D eigenvalue weighted by Gasteiger charge is -2.50. The maximum absolute atomic E-state index is 13.2. The van der Waals surface area contributed by atoms with Crippen molar-refractivity contribution in [2.24, 2.45) is 5.41 Å². The first-order valence-corrected chi connectivity index (χ1v) is 10.6. The van der Waals surface area contributed by atoms with Gasteiger partial charge in [0.05, 0.1) is 11.1 Å². The van der Waals surface area contributed by atoms with Gasteiger partial charge >= 0.3 is 5.97 Å². The second kappa shape index (κ2) is 7.07. The number of sulfone groups is 1. The van der Waals surface area contributed by atoms with E-state index in [4.69, 9.17) is 9.47 Å². The number of carbonyl (C=O) groups is 3. The molecule has 1 fully saturated rings. The number of benzene rings is 1. The molecule has 0 radical (unpaired) electrons. The van der Waals surface area contributed by atoms with E-state index in [0.29, 0.717) is 0 Å². The Labute approximate surface area is 169 Å². The Hall–Kier alpha value is -2.52. The molecule has 156 valence electrons. The summed E-state index contributed by atoms with van der Waals surface area (Å²) in [7, 11) is -2.97. The van der Waals surface area contributed by atoms with Crippen LogP contribution < -0.4 is 0 Å². The number of ketones is 1.